The molecule has 0 fully saturated rings. The molecule has 0 atom stereocenters. The maximum Gasteiger partial charge on any atom is 0.238 e. The van der Waals surface area contributed by atoms with E-state index in [1.54, 1.807) is 18.2 Å². The Morgan fingerprint density at radius 1 is 1.08 bits per heavy atom. The summed E-state index contributed by atoms with van der Waals surface area (Å²) in [6.07, 6.45) is 0.735. The average molecular weight is 362 g/mol. The zero-order valence-electron chi connectivity index (χ0n) is 12.7. The van der Waals surface area contributed by atoms with Gasteiger partial charge in [0.1, 0.15) is 5.15 Å². The average Bonchev–Trinajstić information content (AvgIpc) is 2.54. The highest BCUT2D eigenvalue weighted by molar-refractivity contribution is 7.89. The van der Waals surface area contributed by atoms with Crippen molar-refractivity contribution in [2.24, 2.45) is 5.14 Å². The van der Waals surface area contributed by atoms with E-state index in [0.29, 0.717) is 11.7 Å². The molecular weight excluding hydrogens is 346 g/mol. The van der Waals surface area contributed by atoms with Gasteiger partial charge in [-0.25, -0.2) is 18.5 Å². The maximum atomic E-state index is 11.2. The first-order chi connectivity index (χ1) is 11.4. The second kappa shape index (κ2) is 6.76. The molecule has 0 bridgehead atoms. The first kappa shape index (κ1) is 16.7. The van der Waals surface area contributed by atoms with Crippen LogP contribution in [0.5, 0.6) is 0 Å². The molecule has 1 heterocycles. The number of para-hydroxylation sites is 1. The third kappa shape index (κ3) is 3.84. The summed E-state index contributed by atoms with van der Waals surface area (Å²) in [6.45, 7) is 0.680. The molecule has 0 aliphatic rings. The number of nitrogens with one attached hydrogen (secondary N) is 1. The van der Waals surface area contributed by atoms with E-state index >= 15 is 0 Å². The summed E-state index contributed by atoms with van der Waals surface area (Å²) in [5.74, 6) is 0. The van der Waals surface area contributed by atoms with E-state index in [0.717, 1.165) is 28.6 Å². The number of benzene rings is 2. The molecule has 7 heteroatoms. The number of hydrogen-bond donors (Lipinski definition) is 2. The molecule has 0 aliphatic carbocycles. The molecule has 24 heavy (non-hydrogen) atoms. The molecule has 2 aromatic carbocycles. The Balaban J connectivity index is 1.71. The van der Waals surface area contributed by atoms with E-state index in [9.17, 15) is 8.42 Å². The lowest BCUT2D eigenvalue weighted by Gasteiger charge is -2.10. The van der Waals surface area contributed by atoms with Crippen LogP contribution in [0.2, 0.25) is 5.15 Å². The van der Waals surface area contributed by atoms with Crippen LogP contribution in [0.15, 0.2) is 59.5 Å². The molecule has 124 valence electrons. The standard InChI is InChI=1S/C17H16ClN3O2S/c18-17-11-16(14-3-1-2-4-15(14)21-17)20-10-9-12-5-7-13(8-6-12)24(19,22)23/h1-8,11H,9-10H2,(H,20,21)(H2,19,22,23). The molecule has 0 amide bonds. The minimum absolute atomic E-state index is 0.117. The van der Waals surface area contributed by atoms with Crippen molar-refractivity contribution in [2.75, 3.05) is 11.9 Å². The molecule has 3 rings (SSSR count). The van der Waals surface area contributed by atoms with Gasteiger partial charge in [0.15, 0.2) is 0 Å². The molecule has 0 radical (unpaired) electrons. The Morgan fingerprint density at radius 3 is 2.50 bits per heavy atom. The molecule has 3 N–H and O–H groups in total. The van der Waals surface area contributed by atoms with E-state index in [-0.39, 0.29) is 4.90 Å². The lowest BCUT2D eigenvalue weighted by molar-refractivity contribution is 0.598. The Bertz CT molecular complexity index is 973. The lowest BCUT2D eigenvalue weighted by Crippen LogP contribution is -2.12. The summed E-state index contributed by atoms with van der Waals surface area (Å²) in [6, 6.07) is 16.1. The number of hydrogen-bond acceptors (Lipinski definition) is 4. The van der Waals surface area contributed by atoms with Crippen molar-refractivity contribution in [1.29, 1.82) is 0 Å². The highest BCUT2D eigenvalue weighted by Gasteiger charge is 2.07. The molecule has 1 aromatic heterocycles. The van der Waals surface area contributed by atoms with Gasteiger partial charge in [0.25, 0.3) is 0 Å². The van der Waals surface area contributed by atoms with Gasteiger partial charge in [-0.3, -0.25) is 0 Å². The second-order valence-electron chi connectivity index (χ2n) is 5.38. The third-order valence-corrected chi connectivity index (χ3v) is 4.79. The van der Waals surface area contributed by atoms with Gasteiger partial charge in [-0.05, 0) is 36.2 Å². The lowest BCUT2D eigenvalue weighted by atomic mass is 10.1. The van der Waals surface area contributed by atoms with Crippen molar-refractivity contribution in [3.8, 4) is 0 Å². The monoisotopic (exact) mass is 361 g/mol. The van der Waals surface area contributed by atoms with E-state index in [1.807, 2.05) is 24.3 Å². The van der Waals surface area contributed by atoms with Crippen LogP contribution in [0.3, 0.4) is 0 Å². The van der Waals surface area contributed by atoms with E-state index in [4.69, 9.17) is 16.7 Å². The zero-order chi connectivity index (χ0) is 17.2. The molecule has 3 aromatic rings. The number of rotatable bonds is 5. The largest absolute Gasteiger partial charge is 0.384 e. The number of nitrogens with two attached hydrogens (primary N) is 1. The molecule has 0 saturated heterocycles. The van der Waals surface area contributed by atoms with Crippen LogP contribution in [-0.4, -0.2) is 19.9 Å². The van der Waals surface area contributed by atoms with Crippen LogP contribution in [0.1, 0.15) is 5.56 Å². The number of sulfonamides is 1. The molecule has 0 aliphatic heterocycles. The van der Waals surface area contributed by atoms with Gasteiger partial charge in [0.05, 0.1) is 10.4 Å². The van der Waals surface area contributed by atoms with Gasteiger partial charge in [-0.1, -0.05) is 41.9 Å². The van der Waals surface area contributed by atoms with Gasteiger partial charge in [-0.15, -0.1) is 0 Å². The van der Waals surface area contributed by atoms with Crippen LogP contribution < -0.4 is 10.5 Å². The maximum absolute atomic E-state index is 11.2. The van der Waals surface area contributed by atoms with Crippen molar-refractivity contribution in [1.82, 2.24) is 4.98 Å². The number of fused-ring (bicyclic) bond motifs is 1. The first-order valence-electron chi connectivity index (χ1n) is 7.34. The smallest absolute Gasteiger partial charge is 0.238 e. The van der Waals surface area contributed by atoms with Crippen LogP contribution >= 0.6 is 11.6 Å². The molecule has 0 spiro atoms. The zero-order valence-corrected chi connectivity index (χ0v) is 14.3. The highest BCUT2D eigenvalue weighted by atomic mass is 35.5. The predicted molar refractivity (Wildman–Crippen MR) is 96.8 cm³/mol. The Hall–Kier alpha value is -2.15. The van der Waals surface area contributed by atoms with Crippen molar-refractivity contribution in [3.05, 3.63) is 65.3 Å². The summed E-state index contributed by atoms with van der Waals surface area (Å²) < 4.78 is 22.5. The van der Waals surface area contributed by atoms with Crippen molar-refractivity contribution in [2.45, 2.75) is 11.3 Å². The topological polar surface area (TPSA) is 85.1 Å². The normalized spacial score (nSPS) is 11.6. The molecule has 0 unspecified atom stereocenters. The Kier molecular flexibility index (Phi) is 4.71. The number of primary sulfonamides is 1. The summed E-state index contributed by atoms with van der Waals surface area (Å²) >= 11 is 6.06. The van der Waals surface area contributed by atoms with Gasteiger partial charge >= 0.3 is 0 Å². The van der Waals surface area contributed by atoms with E-state index in [1.165, 1.54) is 12.1 Å². The number of halogens is 1. The second-order valence-corrected chi connectivity index (χ2v) is 7.32. The van der Waals surface area contributed by atoms with Crippen LogP contribution in [0.4, 0.5) is 5.69 Å². The summed E-state index contributed by atoms with van der Waals surface area (Å²) in [5.41, 5.74) is 2.77. The molecule has 5 nitrogen and oxygen atoms in total. The number of pyridine rings is 1. The summed E-state index contributed by atoms with van der Waals surface area (Å²) in [7, 11) is -3.65. The fourth-order valence-corrected chi connectivity index (χ4v) is 3.19. The van der Waals surface area contributed by atoms with Crippen LogP contribution in [0.25, 0.3) is 10.9 Å². The number of nitrogens with zero attached hydrogens (tertiary/aromatic N) is 1. The molecule has 0 saturated carbocycles. The number of aromatic nitrogens is 1. The fourth-order valence-electron chi connectivity index (χ4n) is 2.48. The summed E-state index contributed by atoms with van der Waals surface area (Å²) in [4.78, 5) is 4.41. The van der Waals surface area contributed by atoms with Crippen molar-refractivity contribution in [3.63, 3.8) is 0 Å². The fraction of sp³-hybridized carbons (Fsp3) is 0.118. The Labute approximate surface area is 145 Å². The van der Waals surface area contributed by atoms with Gasteiger partial charge in [-0.2, -0.15) is 0 Å². The first-order valence-corrected chi connectivity index (χ1v) is 9.27. The van der Waals surface area contributed by atoms with Gasteiger partial charge in [0, 0.05) is 17.6 Å². The SMILES string of the molecule is NS(=O)(=O)c1ccc(CCNc2cc(Cl)nc3ccccc23)cc1. The minimum atomic E-state index is -3.65. The molecular formula is C17H16ClN3O2S. The van der Waals surface area contributed by atoms with Gasteiger partial charge in [0.2, 0.25) is 10.0 Å². The van der Waals surface area contributed by atoms with Crippen LogP contribution in [0, 0.1) is 0 Å². The summed E-state index contributed by atoms with van der Waals surface area (Å²) in [5, 5.41) is 9.89. The Morgan fingerprint density at radius 2 is 1.79 bits per heavy atom. The highest BCUT2D eigenvalue weighted by Crippen LogP contribution is 2.25. The van der Waals surface area contributed by atoms with Crippen molar-refractivity contribution < 1.29 is 8.42 Å². The van der Waals surface area contributed by atoms with Crippen LogP contribution in [-0.2, 0) is 16.4 Å². The van der Waals surface area contributed by atoms with E-state index < -0.39 is 10.0 Å². The predicted octanol–water partition coefficient (Wildman–Crippen LogP) is 3.19. The van der Waals surface area contributed by atoms with Crippen molar-refractivity contribution >= 4 is 38.2 Å². The van der Waals surface area contributed by atoms with Gasteiger partial charge < -0.3 is 5.32 Å². The number of anilines is 1. The minimum Gasteiger partial charge on any atom is -0.384 e. The quantitative estimate of drug-likeness (QED) is 0.683. The third-order valence-electron chi connectivity index (χ3n) is 3.67. The van der Waals surface area contributed by atoms with E-state index in [2.05, 4.69) is 10.3 Å².